The van der Waals surface area contributed by atoms with Gasteiger partial charge in [-0.2, -0.15) is 26.3 Å². The Bertz CT molecular complexity index is 688. The fraction of sp³-hybridized carbons (Fsp3) is 0.467. The number of carbonyl (C=O) groups excluding carboxylic acids is 3. The first-order chi connectivity index (χ1) is 12.3. The lowest BCUT2D eigenvalue weighted by Gasteiger charge is -2.41. The molecule has 0 saturated heterocycles. The number of nitrogens with zero attached hydrogens (tertiary/aromatic N) is 1. The molecule has 27 heavy (non-hydrogen) atoms. The molecular formula is C15H14F6N2O4. The van der Waals surface area contributed by atoms with Crippen LogP contribution in [0.5, 0.6) is 0 Å². The Morgan fingerprint density at radius 2 is 1.70 bits per heavy atom. The Hall–Kier alpha value is -2.66. The molecule has 1 aromatic heterocycles. The summed E-state index contributed by atoms with van der Waals surface area (Å²) in [7, 11) is 0. The summed E-state index contributed by atoms with van der Waals surface area (Å²) in [5, 5.41) is 0.797. The van der Waals surface area contributed by atoms with E-state index in [1.54, 1.807) is 0 Å². The molecule has 6 nitrogen and oxygen atoms in total. The molecule has 1 heterocycles. The minimum Gasteiger partial charge on any atom is -0.465 e. The lowest BCUT2D eigenvalue weighted by atomic mass is 9.79. The van der Waals surface area contributed by atoms with E-state index >= 15 is 0 Å². The average Bonchev–Trinajstić information content (AvgIpc) is 2.52. The van der Waals surface area contributed by atoms with Gasteiger partial charge in [-0.3, -0.25) is 19.4 Å². The summed E-state index contributed by atoms with van der Waals surface area (Å²) in [6.45, 7) is 0.918. The van der Waals surface area contributed by atoms with Gasteiger partial charge in [0.25, 0.3) is 11.4 Å². The standard InChI is InChI=1S/C15H14F6N2O4/c1-3-27-12(26)10(8(2)24)13(14(16,17)18,15(19,20)21)23-11(25)9-5-4-6-22-7-9/h4-7,10H,3H2,1-2H3,(H,23,25)/t10-/m1/s1. The summed E-state index contributed by atoms with van der Waals surface area (Å²) >= 11 is 0. The van der Waals surface area contributed by atoms with Crippen LogP contribution in [0.2, 0.25) is 0 Å². The van der Waals surface area contributed by atoms with E-state index in [9.17, 15) is 40.7 Å². The largest absolute Gasteiger partial charge is 0.465 e. The summed E-state index contributed by atoms with van der Waals surface area (Å²) in [6, 6.07) is 2.01. The lowest BCUT2D eigenvalue weighted by molar-refractivity contribution is -0.315. The summed E-state index contributed by atoms with van der Waals surface area (Å²) < 4.78 is 86.1. The van der Waals surface area contributed by atoms with E-state index in [0.717, 1.165) is 36.8 Å². The van der Waals surface area contributed by atoms with Gasteiger partial charge in [-0.05, 0) is 26.0 Å². The van der Waals surface area contributed by atoms with E-state index in [1.807, 2.05) is 0 Å². The molecule has 150 valence electrons. The second kappa shape index (κ2) is 7.92. The zero-order valence-corrected chi connectivity index (χ0v) is 13.9. The van der Waals surface area contributed by atoms with Gasteiger partial charge in [0.05, 0.1) is 12.2 Å². The van der Waals surface area contributed by atoms with Gasteiger partial charge in [0.2, 0.25) is 0 Å². The maximum Gasteiger partial charge on any atom is 0.421 e. The Morgan fingerprint density at radius 3 is 2.07 bits per heavy atom. The monoisotopic (exact) mass is 400 g/mol. The van der Waals surface area contributed by atoms with Gasteiger partial charge in [0, 0.05) is 12.4 Å². The molecule has 0 bridgehead atoms. The van der Waals surface area contributed by atoms with Gasteiger partial charge in [0.1, 0.15) is 5.78 Å². The first-order valence-electron chi connectivity index (χ1n) is 7.32. The molecule has 0 spiro atoms. The van der Waals surface area contributed by atoms with Gasteiger partial charge in [-0.15, -0.1) is 0 Å². The third-order valence-corrected chi connectivity index (χ3v) is 3.49. The van der Waals surface area contributed by atoms with E-state index < -0.39 is 53.6 Å². The quantitative estimate of drug-likeness (QED) is 0.451. The number of carbonyl (C=O) groups is 3. The van der Waals surface area contributed by atoms with E-state index in [1.165, 1.54) is 0 Å². The SMILES string of the molecule is CCOC(=O)[C@@H](C(C)=O)C(NC(=O)c1cccnc1)(C(F)(F)F)C(F)(F)F. The highest BCUT2D eigenvalue weighted by Gasteiger charge is 2.78. The molecule has 1 aromatic rings. The molecule has 1 rings (SSSR count). The van der Waals surface area contributed by atoms with Crippen molar-refractivity contribution >= 4 is 17.7 Å². The van der Waals surface area contributed by atoms with Crippen molar-refractivity contribution in [2.45, 2.75) is 31.7 Å². The number of Topliss-reactive ketones (excluding diaryl/α,β-unsaturated/α-hetero) is 1. The first-order valence-corrected chi connectivity index (χ1v) is 7.32. The molecule has 1 amide bonds. The van der Waals surface area contributed by atoms with Crippen LogP contribution in [0, 0.1) is 5.92 Å². The van der Waals surface area contributed by atoms with Crippen LogP contribution in [0.25, 0.3) is 0 Å². The smallest absolute Gasteiger partial charge is 0.421 e. The van der Waals surface area contributed by atoms with Crippen molar-refractivity contribution < 1.29 is 45.5 Å². The van der Waals surface area contributed by atoms with E-state index in [4.69, 9.17) is 0 Å². The molecule has 0 saturated carbocycles. The van der Waals surface area contributed by atoms with Crippen LogP contribution >= 0.6 is 0 Å². The van der Waals surface area contributed by atoms with Crippen LogP contribution in [0.3, 0.4) is 0 Å². The molecule has 0 radical (unpaired) electrons. The molecule has 0 aromatic carbocycles. The van der Waals surface area contributed by atoms with Gasteiger partial charge in [-0.25, -0.2) is 0 Å². The average molecular weight is 400 g/mol. The van der Waals surface area contributed by atoms with Crippen LogP contribution in [0.15, 0.2) is 24.5 Å². The Kier molecular flexibility index (Phi) is 6.57. The van der Waals surface area contributed by atoms with Crippen molar-refractivity contribution in [1.29, 1.82) is 0 Å². The zero-order chi connectivity index (χ0) is 21.0. The Morgan fingerprint density at radius 1 is 1.15 bits per heavy atom. The van der Waals surface area contributed by atoms with E-state index in [0.29, 0.717) is 6.92 Å². The van der Waals surface area contributed by atoms with Crippen molar-refractivity contribution in [3.8, 4) is 0 Å². The number of rotatable bonds is 6. The number of ether oxygens (including phenoxy) is 1. The first kappa shape index (κ1) is 22.4. The number of hydrogen-bond donors (Lipinski definition) is 1. The highest BCUT2D eigenvalue weighted by molar-refractivity contribution is 6.02. The van der Waals surface area contributed by atoms with Gasteiger partial charge >= 0.3 is 18.3 Å². The summed E-state index contributed by atoms with van der Waals surface area (Å²) in [5.74, 6) is -9.06. The van der Waals surface area contributed by atoms with Crippen molar-refractivity contribution in [3.63, 3.8) is 0 Å². The highest BCUT2D eigenvalue weighted by atomic mass is 19.4. The predicted molar refractivity (Wildman–Crippen MR) is 77.3 cm³/mol. The molecule has 1 atom stereocenters. The fourth-order valence-corrected chi connectivity index (χ4v) is 2.32. The fourth-order valence-electron chi connectivity index (χ4n) is 2.32. The third-order valence-electron chi connectivity index (χ3n) is 3.49. The minimum atomic E-state index is -6.26. The number of hydrogen-bond acceptors (Lipinski definition) is 5. The van der Waals surface area contributed by atoms with Gasteiger partial charge in [0.15, 0.2) is 5.92 Å². The molecule has 0 fully saturated rings. The van der Waals surface area contributed by atoms with Gasteiger partial charge < -0.3 is 10.1 Å². The lowest BCUT2D eigenvalue weighted by Crippen LogP contribution is -2.74. The topological polar surface area (TPSA) is 85.4 Å². The number of ketones is 1. The number of halogens is 6. The highest BCUT2D eigenvalue weighted by Crippen LogP contribution is 2.48. The number of esters is 1. The number of aromatic nitrogens is 1. The normalized spacial score (nSPS) is 13.6. The zero-order valence-electron chi connectivity index (χ0n) is 13.9. The second-order valence-corrected chi connectivity index (χ2v) is 5.30. The molecule has 0 aliphatic heterocycles. The van der Waals surface area contributed by atoms with Crippen molar-refractivity contribution in [2.75, 3.05) is 6.61 Å². The van der Waals surface area contributed by atoms with Crippen molar-refractivity contribution in [3.05, 3.63) is 30.1 Å². The summed E-state index contributed by atoms with van der Waals surface area (Å²) in [5.41, 5.74) is -5.83. The predicted octanol–water partition coefficient (Wildman–Crippen LogP) is 2.44. The number of nitrogens with one attached hydrogen (secondary N) is 1. The van der Waals surface area contributed by atoms with E-state index in [-0.39, 0.29) is 0 Å². The summed E-state index contributed by atoms with van der Waals surface area (Å²) in [6.07, 6.45) is -10.7. The maximum absolute atomic E-state index is 13.6. The number of pyridine rings is 1. The summed E-state index contributed by atoms with van der Waals surface area (Å²) in [4.78, 5) is 39.0. The second-order valence-electron chi connectivity index (χ2n) is 5.30. The van der Waals surface area contributed by atoms with Crippen LogP contribution in [-0.2, 0) is 14.3 Å². The molecular weight excluding hydrogens is 386 g/mol. The van der Waals surface area contributed by atoms with Crippen molar-refractivity contribution in [1.82, 2.24) is 10.3 Å². The van der Waals surface area contributed by atoms with Crippen LogP contribution in [0.1, 0.15) is 24.2 Å². The molecule has 0 unspecified atom stereocenters. The Labute approximate surface area is 148 Å². The molecule has 0 aliphatic rings. The molecule has 12 heteroatoms. The third kappa shape index (κ3) is 4.37. The van der Waals surface area contributed by atoms with E-state index in [2.05, 4.69) is 9.72 Å². The van der Waals surface area contributed by atoms with Gasteiger partial charge in [-0.1, -0.05) is 0 Å². The number of amides is 1. The number of alkyl halides is 6. The van der Waals surface area contributed by atoms with Crippen LogP contribution < -0.4 is 5.32 Å². The van der Waals surface area contributed by atoms with Crippen LogP contribution in [-0.4, -0.2) is 47.1 Å². The minimum absolute atomic E-state index is 0.365. The molecule has 1 N–H and O–H groups in total. The maximum atomic E-state index is 13.6. The van der Waals surface area contributed by atoms with Crippen LogP contribution in [0.4, 0.5) is 26.3 Å². The molecule has 0 aliphatic carbocycles. The van der Waals surface area contributed by atoms with Crippen molar-refractivity contribution in [2.24, 2.45) is 5.92 Å². The Balaban J connectivity index is 3.66.